The molecule has 148 valence electrons. The molecule has 0 aliphatic rings. The number of nitrogens with one attached hydrogen (secondary N) is 2. The van der Waals surface area contributed by atoms with Crippen LogP contribution in [0.15, 0.2) is 67.1 Å². The number of amides is 1. The summed E-state index contributed by atoms with van der Waals surface area (Å²) in [5, 5.41) is 5.03. The molecule has 2 aromatic heterocycles. The van der Waals surface area contributed by atoms with Gasteiger partial charge in [0.05, 0.1) is 0 Å². The number of para-hydroxylation sites is 1. The highest BCUT2D eigenvalue weighted by atomic mass is 35.5. The Morgan fingerprint density at radius 1 is 1.21 bits per heavy atom. The third-order valence-electron chi connectivity index (χ3n) is 5.15. The zero-order valence-corrected chi connectivity index (χ0v) is 17.0. The molecule has 2 heterocycles. The number of imidazole rings is 1. The van der Waals surface area contributed by atoms with Crippen LogP contribution in [0.25, 0.3) is 10.9 Å². The monoisotopic (exact) mass is 406 g/mol. The Bertz CT molecular complexity index is 1110. The summed E-state index contributed by atoms with van der Waals surface area (Å²) in [6.45, 7) is 0. The molecule has 0 radical (unpaired) electrons. The Kier molecular flexibility index (Phi) is 5.67. The standard InChI is InChI=1S/C23H23ClN4O/c1-28-14-13-25-23(28)22(16-9-11-18(24)12-10-16)27-21(29)8-4-5-17-15-26-20-7-3-2-6-19(17)20/h2-3,6-7,9-15,22,26H,4-5,8H2,1H3,(H,27,29)/t22-/m0/s1. The third kappa shape index (κ3) is 4.35. The average Bonchev–Trinajstić information content (AvgIpc) is 3.33. The number of carbonyl (C=O) groups excluding carboxylic acids is 1. The fraction of sp³-hybridized carbons (Fsp3) is 0.217. The minimum Gasteiger partial charge on any atom is -0.361 e. The lowest BCUT2D eigenvalue weighted by Crippen LogP contribution is -2.31. The maximum atomic E-state index is 12.7. The molecule has 0 aliphatic carbocycles. The lowest BCUT2D eigenvalue weighted by atomic mass is 10.0. The van der Waals surface area contributed by atoms with Crippen molar-refractivity contribution in [1.29, 1.82) is 0 Å². The second-order valence-electron chi connectivity index (χ2n) is 7.16. The molecule has 4 aromatic rings. The van der Waals surface area contributed by atoms with E-state index in [1.807, 2.05) is 60.4 Å². The summed E-state index contributed by atoms with van der Waals surface area (Å²) in [5.74, 6) is 0.796. The molecule has 2 N–H and O–H groups in total. The number of hydrogen-bond donors (Lipinski definition) is 2. The molecule has 4 rings (SSSR count). The number of aromatic amines is 1. The minimum absolute atomic E-state index is 0.00721. The summed E-state index contributed by atoms with van der Waals surface area (Å²) in [6.07, 6.45) is 7.73. The van der Waals surface area contributed by atoms with Crippen LogP contribution < -0.4 is 5.32 Å². The van der Waals surface area contributed by atoms with Gasteiger partial charge in [0, 0.05) is 48.0 Å². The Morgan fingerprint density at radius 3 is 2.76 bits per heavy atom. The van der Waals surface area contributed by atoms with Gasteiger partial charge in [-0.25, -0.2) is 4.98 Å². The molecular weight excluding hydrogens is 384 g/mol. The van der Waals surface area contributed by atoms with Crippen molar-refractivity contribution in [3.8, 4) is 0 Å². The van der Waals surface area contributed by atoms with Gasteiger partial charge in [-0.05, 0) is 42.2 Å². The van der Waals surface area contributed by atoms with Crippen molar-refractivity contribution in [2.75, 3.05) is 0 Å². The van der Waals surface area contributed by atoms with Gasteiger partial charge in [0.1, 0.15) is 11.9 Å². The van der Waals surface area contributed by atoms with Gasteiger partial charge in [-0.2, -0.15) is 0 Å². The van der Waals surface area contributed by atoms with E-state index in [2.05, 4.69) is 27.4 Å². The van der Waals surface area contributed by atoms with Gasteiger partial charge in [0.25, 0.3) is 0 Å². The molecular formula is C23H23ClN4O. The third-order valence-corrected chi connectivity index (χ3v) is 5.40. The molecule has 0 saturated heterocycles. The molecule has 0 spiro atoms. The van der Waals surface area contributed by atoms with E-state index in [0.29, 0.717) is 11.4 Å². The van der Waals surface area contributed by atoms with Crippen LogP contribution in [-0.4, -0.2) is 20.4 Å². The predicted molar refractivity (Wildman–Crippen MR) is 116 cm³/mol. The fourth-order valence-corrected chi connectivity index (χ4v) is 3.74. The zero-order valence-electron chi connectivity index (χ0n) is 16.2. The highest BCUT2D eigenvalue weighted by Gasteiger charge is 2.20. The summed E-state index contributed by atoms with van der Waals surface area (Å²) in [5.41, 5.74) is 3.32. The largest absolute Gasteiger partial charge is 0.361 e. The van der Waals surface area contributed by atoms with E-state index in [4.69, 9.17) is 11.6 Å². The molecule has 5 nitrogen and oxygen atoms in total. The smallest absolute Gasteiger partial charge is 0.220 e. The molecule has 1 amide bonds. The molecule has 0 fully saturated rings. The molecule has 2 aromatic carbocycles. The Hall–Kier alpha value is -3.05. The van der Waals surface area contributed by atoms with Crippen LogP contribution in [-0.2, 0) is 18.3 Å². The van der Waals surface area contributed by atoms with E-state index in [9.17, 15) is 4.79 Å². The Morgan fingerprint density at radius 2 is 2.00 bits per heavy atom. The molecule has 0 unspecified atom stereocenters. The molecule has 0 bridgehead atoms. The first-order valence-corrected chi connectivity index (χ1v) is 10.1. The van der Waals surface area contributed by atoms with E-state index in [-0.39, 0.29) is 11.9 Å². The quantitative estimate of drug-likeness (QED) is 0.463. The first-order chi connectivity index (χ1) is 14.1. The Labute approximate surface area is 174 Å². The topological polar surface area (TPSA) is 62.7 Å². The second kappa shape index (κ2) is 8.53. The van der Waals surface area contributed by atoms with Gasteiger partial charge in [0.2, 0.25) is 5.91 Å². The first-order valence-electron chi connectivity index (χ1n) is 9.69. The summed E-state index contributed by atoms with van der Waals surface area (Å²) in [6, 6.07) is 15.4. The number of carbonyl (C=O) groups is 1. The fourth-order valence-electron chi connectivity index (χ4n) is 3.62. The van der Waals surface area contributed by atoms with E-state index < -0.39 is 0 Å². The van der Waals surface area contributed by atoms with E-state index >= 15 is 0 Å². The van der Waals surface area contributed by atoms with Crippen molar-refractivity contribution in [3.63, 3.8) is 0 Å². The summed E-state index contributed by atoms with van der Waals surface area (Å²) in [7, 11) is 1.93. The van der Waals surface area contributed by atoms with Crippen LogP contribution in [0.3, 0.4) is 0 Å². The van der Waals surface area contributed by atoms with Gasteiger partial charge in [0.15, 0.2) is 0 Å². The first kappa shape index (κ1) is 19.3. The number of fused-ring (bicyclic) bond motifs is 1. The minimum atomic E-state index is -0.312. The predicted octanol–water partition coefficient (Wildman–Crippen LogP) is 4.78. The number of aryl methyl sites for hydroxylation is 2. The molecule has 0 saturated carbocycles. The van der Waals surface area contributed by atoms with Crippen molar-refractivity contribution >= 4 is 28.4 Å². The lowest BCUT2D eigenvalue weighted by molar-refractivity contribution is -0.121. The van der Waals surface area contributed by atoms with Gasteiger partial charge in [-0.15, -0.1) is 0 Å². The SMILES string of the molecule is Cn1ccnc1[C@@H](NC(=O)CCCc1c[nH]c2ccccc12)c1ccc(Cl)cc1. The maximum Gasteiger partial charge on any atom is 0.220 e. The second-order valence-corrected chi connectivity index (χ2v) is 7.60. The van der Waals surface area contributed by atoms with E-state index in [1.165, 1.54) is 10.9 Å². The lowest BCUT2D eigenvalue weighted by Gasteiger charge is -2.19. The van der Waals surface area contributed by atoms with Crippen molar-refractivity contribution in [2.45, 2.75) is 25.3 Å². The number of hydrogen-bond acceptors (Lipinski definition) is 2. The van der Waals surface area contributed by atoms with Crippen LogP contribution in [0.1, 0.15) is 35.8 Å². The average molecular weight is 407 g/mol. The molecule has 1 atom stereocenters. The van der Waals surface area contributed by atoms with Gasteiger partial charge in [-0.3, -0.25) is 4.79 Å². The number of nitrogens with zero attached hydrogens (tertiary/aromatic N) is 2. The number of halogens is 1. The summed E-state index contributed by atoms with van der Waals surface area (Å²) >= 11 is 6.03. The van der Waals surface area contributed by atoms with Gasteiger partial charge >= 0.3 is 0 Å². The van der Waals surface area contributed by atoms with Crippen LogP contribution in [0, 0.1) is 0 Å². The molecule has 29 heavy (non-hydrogen) atoms. The number of H-pyrrole nitrogens is 1. The van der Waals surface area contributed by atoms with E-state index in [0.717, 1.165) is 29.7 Å². The zero-order chi connectivity index (χ0) is 20.2. The van der Waals surface area contributed by atoms with E-state index in [1.54, 1.807) is 6.20 Å². The highest BCUT2D eigenvalue weighted by molar-refractivity contribution is 6.30. The number of rotatable bonds is 7. The maximum absolute atomic E-state index is 12.7. The van der Waals surface area contributed by atoms with Crippen LogP contribution >= 0.6 is 11.6 Å². The van der Waals surface area contributed by atoms with Crippen molar-refractivity contribution in [3.05, 3.63) is 89.1 Å². The van der Waals surface area contributed by atoms with Crippen LogP contribution in [0.2, 0.25) is 5.02 Å². The van der Waals surface area contributed by atoms with Crippen molar-refractivity contribution in [2.24, 2.45) is 7.05 Å². The Balaban J connectivity index is 1.43. The summed E-state index contributed by atoms with van der Waals surface area (Å²) < 4.78 is 1.92. The van der Waals surface area contributed by atoms with Crippen LogP contribution in [0.4, 0.5) is 0 Å². The summed E-state index contributed by atoms with van der Waals surface area (Å²) in [4.78, 5) is 20.4. The van der Waals surface area contributed by atoms with Crippen LogP contribution in [0.5, 0.6) is 0 Å². The molecule has 0 aliphatic heterocycles. The van der Waals surface area contributed by atoms with Crippen molar-refractivity contribution < 1.29 is 4.79 Å². The highest BCUT2D eigenvalue weighted by Crippen LogP contribution is 2.23. The normalized spacial score (nSPS) is 12.2. The van der Waals surface area contributed by atoms with Crippen molar-refractivity contribution in [1.82, 2.24) is 19.9 Å². The molecule has 6 heteroatoms. The number of aromatic nitrogens is 3. The number of benzene rings is 2. The van der Waals surface area contributed by atoms with Gasteiger partial charge < -0.3 is 14.9 Å². The van der Waals surface area contributed by atoms with Gasteiger partial charge in [-0.1, -0.05) is 41.9 Å².